The number of hydrogen-bond donors (Lipinski definition) is 2. The van der Waals surface area contributed by atoms with Crippen molar-refractivity contribution in [2.24, 2.45) is 10.7 Å². The number of nitrogens with zero attached hydrogens (tertiary/aromatic N) is 2. The van der Waals surface area contributed by atoms with E-state index in [-0.39, 0.29) is 19.0 Å². The average molecular weight is 256 g/mol. The Labute approximate surface area is 98.8 Å². The summed E-state index contributed by atoms with van der Waals surface area (Å²) in [5.74, 6) is 0.211. The first kappa shape index (κ1) is 16.0. The molecule has 0 rings (SSSR count). The first-order valence-electron chi connectivity index (χ1n) is 5.13. The Hall–Kier alpha value is -1.02. The fourth-order valence-corrected chi connectivity index (χ4v) is 1.06. The van der Waals surface area contributed by atoms with Crippen LogP contribution in [0.1, 0.15) is 0 Å². The molecule has 0 aromatic rings. The second kappa shape index (κ2) is 8.13. The third-order valence-corrected chi connectivity index (χ3v) is 1.83. The van der Waals surface area contributed by atoms with Crippen LogP contribution in [0.5, 0.6) is 0 Å². The van der Waals surface area contributed by atoms with Crippen LogP contribution in [0.2, 0.25) is 0 Å². The van der Waals surface area contributed by atoms with E-state index in [0.29, 0.717) is 13.2 Å². The summed E-state index contributed by atoms with van der Waals surface area (Å²) in [6.07, 6.45) is -4.18. The van der Waals surface area contributed by atoms with Gasteiger partial charge in [0.15, 0.2) is 5.96 Å². The van der Waals surface area contributed by atoms with Crippen LogP contribution in [0.4, 0.5) is 13.2 Å². The van der Waals surface area contributed by atoms with E-state index in [2.05, 4.69) is 10.3 Å². The van der Waals surface area contributed by atoms with Crippen LogP contribution in [0, 0.1) is 0 Å². The number of nitrogens with one attached hydrogen (secondary N) is 1. The molecular weight excluding hydrogens is 237 g/mol. The second-order valence-corrected chi connectivity index (χ2v) is 3.54. The van der Waals surface area contributed by atoms with Crippen LogP contribution < -0.4 is 11.1 Å². The third-order valence-electron chi connectivity index (χ3n) is 1.83. The molecular formula is C9H19F3N4O. The van der Waals surface area contributed by atoms with Gasteiger partial charge in [0.25, 0.3) is 0 Å². The standard InChI is InChI=1S/C9H19F3N4O/c1-16(7-9(10,11)12)5-3-14-8(13)15-4-6-17-2/h3-7H2,1-2H3,(H3,13,14,15). The SMILES string of the molecule is COCCNC(N)=NCCN(C)CC(F)(F)F. The molecule has 0 radical (unpaired) electrons. The van der Waals surface area contributed by atoms with E-state index in [0.717, 1.165) is 4.90 Å². The summed E-state index contributed by atoms with van der Waals surface area (Å²) in [5.41, 5.74) is 5.47. The van der Waals surface area contributed by atoms with E-state index in [1.807, 2.05) is 0 Å². The summed E-state index contributed by atoms with van der Waals surface area (Å²) in [6, 6.07) is 0. The van der Waals surface area contributed by atoms with Crippen LogP contribution >= 0.6 is 0 Å². The van der Waals surface area contributed by atoms with Gasteiger partial charge in [-0.3, -0.25) is 9.89 Å². The van der Waals surface area contributed by atoms with Gasteiger partial charge in [0.2, 0.25) is 0 Å². The Morgan fingerprint density at radius 2 is 2.12 bits per heavy atom. The van der Waals surface area contributed by atoms with Crippen LogP contribution in [0.15, 0.2) is 4.99 Å². The number of guanidine groups is 1. The minimum Gasteiger partial charge on any atom is -0.383 e. The van der Waals surface area contributed by atoms with E-state index >= 15 is 0 Å². The van der Waals surface area contributed by atoms with Gasteiger partial charge >= 0.3 is 6.18 Å². The van der Waals surface area contributed by atoms with Crippen molar-refractivity contribution in [3.63, 3.8) is 0 Å². The van der Waals surface area contributed by atoms with E-state index < -0.39 is 12.7 Å². The Balaban J connectivity index is 3.69. The molecule has 0 unspecified atom stereocenters. The number of alkyl halides is 3. The van der Waals surface area contributed by atoms with Crippen molar-refractivity contribution in [2.75, 3.05) is 46.9 Å². The lowest BCUT2D eigenvalue weighted by Gasteiger charge is -2.17. The van der Waals surface area contributed by atoms with Crippen LogP contribution in [0.25, 0.3) is 0 Å². The molecule has 0 aromatic carbocycles. The Kier molecular flexibility index (Phi) is 7.64. The lowest BCUT2D eigenvalue weighted by Crippen LogP contribution is -2.36. The van der Waals surface area contributed by atoms with E-state index in [4.69, 9.17) is 10.5 Å². The molecule has 0 aliphatic carbocycles. The zero-order valence-corrected chi connectivity index (χ0v) is 10.0. The van der Waals surface area contributed by atoms with Gasteiger partial charge in [0.1, 0.15) is 0 Å². The molecule has 0 heterocycles. The fourth-order valence-electron chi connectivity index (χ4n) is 1.06. The molecule has 102 valence electrons. The number of aliphatic imine (C=N–C) groups is 1. The molecule has 5 nitrogen and oxygen atoms in total. The minimum absolute atomic E-state index is 0.201. The number of rotatable bonds is 7. The first-order valence-corrected chi connectivity index (χ1v) is 5.13. The monoisotopic (exact) mass is 256 g/mol. The summed E-state index contributed by atoms with van der Waals surface area (Å²) in [4.78, 5) is 5.03. The van der Waals surface area contributed by atoms with Crippen molar-refractivity contribution >= 4 is 5.96 Å². The minimum atomic E-state index is -4.18. The summed E-state index contributed by atoms with van der Waals surface area (Å²) in [5, 5.41) is 2.77. The molecule has 0 aromatic heterocycles. The van der Waals surface area contributed by atoms with Crippen molar-refractivity contribution in [3.05, 3.63) is 0 Å². The van der Waals surface area contributed by atoms with Crippen molar-refractivity contribution in [1.82, 2.24) is 10.2 Å². The second-order valence-electron chi connectivity index (χ2n) is 3.54. The molecule has 0 fully saturated rings. The number of likely N-dealkylation sites (N-methyl/N-ethyl adjacent to an activating group) is 1. The molecule has 0 saturated heterocycles. The molecule has 8 heteroatoms. The predicted molar refractivity (Wildman–Crippen MR) is 59.9 cm³/mol. The molecule has 0 spiro atoms. The summed E-state index contributed by atoms with van der Waals surface area (Å²) in [6.45, 7) is 0.485. The molecule has 0 aliphatic heterocycles. The highest BCUT2D eigenvalue weighted by Crippen LogP contribution is 2.14. The van der Waals surface area contributed by atoms with Crippen LogP contribution in [0.3, 0.4) is 0 Å². The molecule has 0 aliphatic rings. The van der Waals surface area contributed by atoms with E-state index in [9.17, 15) is 13.2 Å². The smallest absolute Gasteiger partial charge is 0.383 e. The highest BCUT2D eigenvalue weighted by molar-refractivity contribution is 5.77. The third kappa shape index (κ3) is 11.2. The first-order chi connectivity index (χ1) is 7.85. The van der Waals surface area contributed by atoms with Gasteiger partial charge in [0.05, 0.1) is 19.7 Å². The normalized spacial score (nSPS) is 13.2. The Morgan fingerprint density at radius 1 is 1.47 bits per heavy atom. The molecule has 0 saturated carbocycles. The van der Waals surface area contributed by atoms with Crippen molar-refractivity contribution in [2.45, 2.75) is 6.18 Å². The highest BCUT2D eigenvalue weighted by atomic mass is 19.4. The highest BCUT2D eigenvalue weighted by Gasteiger charge is 2.28. The maximum Gasteiger partial charge on any atom is 0.401 e. The Bertz CT molecular complexity index is 233. The largest absolute Gasteiger partial charge is 0.401 e. The number of methoxy groups -OCH3 is 1. The number of halogens is 3. The maximum absolute atomic E-state index is 12.0. The number of ether oxygens (including phenoxy) is 1. The lowest BCUT2D eigenvalue weighted by atomic mass is 10.5. The predicted octanol–water partition coefficient (Wildman–Crippen LogP) is 0.0312. The molecule has 17 heavy (non-hydrogen) atoms. The average Bonchev–Trinajstić information content (AvgIpc) is 2.15. The van der Waals surface area contributed by atoms with Crippen LogP contribution in [-0.4, -0.2) is 64.0 Å². The number of nitrogens with two attached hydrogens (primary N) is 1. The zero-order chi connectivity index (χ0) is 13.3. The molecule has 3 N–H and O–H groups in total. The van der Waals surface area contributed by atoms with Crippen molar-refractivity contribution in [3.8, 4) is 0 Å². The maximum atomic E-state index is 12.0. The van der Waals surface area contributed by atoms with Gasteiger partial charge in [-0.2, -0.15) is 13.2 Å². The lowest BCUT2D eigenvalue weighted by molar-refractivity contribution is -0.142. The fraction of sp³-hybridized carbons (Fsp3) is 0.889. The van der Waals surface area contributed by atoms with E-state index in [1.165, 1.54) is 7.05 Å². The molecule has 0 bridgehead atoms. The summed E-state index contributed by atoms with van der Waals surface area (Å²) in [7, 11) is 2.94. The van der Waals surface area contributed by atoms with Gasteiger partial charge in [-0.1, -0.05) is 0 Å². The van der Waals surface area contributed by atoms with Gasteiger partial charge < -0.3 is 15.8 Å². The summed E-state index contributed by atoms with van der Waals surface area (Å²) >= 11 is 0. The van der Waals surface area contributed by atoms with Gasteiger partial charge in [-0.25, -0.2) is 0 Å². The zero-order valence-electron chi connectivity index (χ0n) is 10.0. The van der Waals surface area contributed by atoms with Gasteiger partial charge in [0, 0.05) is 20.2 Å². The van der Waals surface area contributed by atoms with Crippen molar-refractivity contribution in [1.29, 1.82) is 0 Å². The Morgan fingerprint density at radius 3 is 2.65 bits per heavy atom. The van der Waals surface area contributed by atoms with Gasteiger partial charge in [-0.15, -0.1) is 0 Å². The van der Waals surface area contributed by atoms with E-state index in [1.54, 1.807) is 7.11 Å². The topological polar surface area (TPSA) is 62.9 Å². The molecule has 0 atom stereocenters. The molecule has 0 amide bonds. The quantitative estimate of drug-likeness (QED) is 0.383. The number of hydrogen-bond acceptors (Lipinski definition) is 3. The van der Waals surface area contributed by atoms with Crippen LogP contribution in [-0.2, 0) is 4.74 Å². The van der Waals surface area contributed by atoms with Crippen molar-refractivity contribution < 1.29 is 17.9 Å². The summed E-state index contributed by atoms with van der Waals surface area (Å²) < 4.78 is 40.7. The van der Waals surface area contributed by atoms with Gasteiger partial charge in [-0.05, 0) is 7.05 Å².